The molecule has 0 spiro atoms. The highest BCUT2D eigenvalue weighted by Crippen LogP contribution is 2.40. The summed E-state index contributed by atoms with van der Waals surface area (Å²) in [6.45, 7) is 1.83. The third-order valence-electron chi connectivity index (χ3n) is 4.07. The van der Waals surface area contributed by atoms with Crippen molar-refractivity contribution in [3.05, 3.63) is 46.3 Å². The Hall–Kier alpha value is -2.00. The minimum Gasteiger partial charge on any atom is -0.465 e. The molecule has 1 aliphatic rings. The van der Waals surface area contributed by atoms with Crippen molar-refractivity contribution in [1.82, 2.24) is 0 Å². The Kier molecular flexibility index (Phi) is 4.64. The van der Waals surface area contributed by atoms with Crippen LogP contribution < -0.4 is 0 Å². The lowest BCUT2D eigenvalue weighted by Gasteiger charge is -2.39. The lowest BCUT2D eigenvalue weighted by Crippen LogP contribution is -2.38. The molecule has 0 bridgehead atoms. The second-order valence-electron chi connectivity index (χ2n) is 5.36. The van der Waals surface area contributed by atoms with Gasteiger partial charge in [0.25, 0.3) is 0 Å². The molecule has 0 aliphatic heterocycles. The number of hydrogen-bond acceptors (Lipinski definition) is 3. The minimum absolute atomic E-state index is 0.0640. The Bertz CT molecular complexity index is 501. The number of rotatable bonds is 4. The molecule has 106 valence electrons. The summed E-state index contributed by atoms with van der Waals surface area (Å²) < 4.78 is 5.29. The quantitative estimate of drug-likeness (QED) is 0.362. The third kappa shape index (κ3) is 3.31. The standard InChI is InChI=1S/C15H19N3O2/c1-12(19)20-11-15(13-5-3-2-4-6-13)9-7-14(8-10-15)17-18-16/h2-6,14H,7-11H2,1H3. The van der Waals surface area contributed by atoms with Crippen LogP contribution in [0.1, 0.15) is 38.2 Å². The molecule has 20 heavy (non-hydrogen) atoms. The molecule has 0 unspecified atom stereocenters. The average molecular weight is 273 g/mol. The summed E-state index contributed by atoms with van der Waals surface area (Å²) in [6.07, 6.45) is 3.41. The SMILES string of the molecule is CC(=O)OCC1(c2ccccc2)CCC(N=[N+]=[N-])CC1. The van der Waals surface area contributed by atoms with Gasteiger partial charge in [0.05, 0.1) is 0 Å². The van der Waals surface area contributed by atoms with E-state index in [1.165, 1.54) is 12.5 Å². The summed E-state index contributed by atoms with van der Waals surface area (Å²) in [5, 5.41) is 3.81. The molecule has 1 fully saturated rings. The van der Waals surface area contributed by atoms with E-state index in [1.807, 2.05) is 18.2 Å². The normalized spacial score (nSPS) is 25.6. The zero-order valence-electron chi connectivity index (χ0n) is 11.7. The van der Waals surface area contributed by atoms with Crippen LogP contribution in [0.15, 0.2) is 35.4 Å². The summed E-state index contributed by atoms with van der Waals surface area (Å²) in [5.74, 6) is -0.252. The first kappa shape index (κ1) is 14.4. The van der Waals surface area contributed by atoms with Crippen LogP contribution in [-0.2, 0) is 14.9 Å². The fourth-order valence-electron chi connectivity index (χ4n) is 2.89. The predicted molar refractivity (Wildman–Crippen MR) is 76.2 cm³/mol. The zero-order chi connectivity index (χ0) is 14.4. The van der Waals surface area contributed by atoms with Crippen LogP contribution in [0.2, 0.25) is 0 Å². The summed E-state index contributed by atoms with van der Waals surface area (Å²) >= 11 is 0. The van der Waals surface area contributed by atoms with Crippen molar-refractivity contribution >= 4 is 5.97 Å². The maximum Gasteiger partial charge on any atom is 0.302 e. The van der Waals surface area contributed by atoms with E-state index in [2.05, 4.69) is 22.2 Å². The molecule has 0 saturated heterocycles. The molecule has 1 aromatic carbocycles. The van der Waals surface area contributed by atoms with E-state index < -0.39 is 0 Å². The molecule has 0 N–H and O–H groups in total. The number of carbonyl (C=O) groups excluding carboxylic acids is 1. The molecule has 5 nitrogen and oxygen atoms in total. The van der Waals surface area contributed by atoms with Gasteiger partial charge in [-0.3, -0.25) is 4.79 Å². The van der Waals surface area contributed by atoms with Crippen LogP contribution in [-0.4, -0.2) is 18.6 Å². The molecule has 0 amide bonds. The van der Waals surface area contributed by atoms with Crippen molar-refractivity contribution in [2.24, 2.45) is 5.11 Å². The monoisotopic (exact) mass is 273 g/mol. The molecule has 0 atom stereocenters. The number of esters is 1. The van der Waals surface area contributed by atoms with Gasteiger partial charge in [0.1, 0.15) is 6.61 Å². The Morgan fingerprint density at radius 2 is 2.05 bits per heavy atom. The highest BCUT2D eigenvalue weighted by Gasteiger charge is 2.37. The first-order valence-electron chi connectivity index (χ1n) is 6.89. The van der Waals surface area contributed by atoms with Crippen molar-refractivity contribution in [3.8, 4) is 0 Å². The van der Waals surface area contributed by atoms with Crippen LogP contribution >= 0.6 is 0 Å². The van der Waals surface area contributed by atoms with E-state index in [9.17, 15) is 4.79 Å². The van der Waals surface area contributed by atoms with E-state index in [0.29, 0.717) is 6.61 Å². The largest absolute Gasteiger partial charge is 0.465 e. The first-order chi connectivity index (χ1) is 9.66. The van der Waals surface area contributed by atoms with Crippen molar-refractivity contribution in [2.75, 3.05) is 6.61 Å². The van der Waals surface area contributed by atoms with Crippen LogP contribution in [0, 0.1) is 0 Å². The molecule has 0 heterocycles. The van der Waals surface area contributed by atoms with Crippen molar-refractivity contribution < 1.29 is 9.53 Å². The number of ether oxygens (including phenoxy) is 1. The summed E-state index contributed by atoms with van der Waals surface area (Å²) in [4.78, 5) is 14.0. The number of carbonyl (C=O) groups is 1. The lowest BCUT2D eigenvalue weighted by molar-refractivity contribution is -0.143. The van der Waals surface area contributed by atoms with Gasteiger partial charge in [0, 0.05) is 23.3 Å². The van der Waals surface area contributed by atoms with Gasteiger partial charge in [-0.25, -0.2) is 0 Å². The third-order valence-corrected chi connectivity index (χ3v) is 4.07. The van der Waals surface area contributed by atoms with Gasteiger partial charge >= 0.3 is 5.97 Å². The van der Waals surface area contributed by atoms with E-state index >= 15 is 0 Å². The fourth-order valence-corrected chi connectivity index (χ4v) is 2.89. The summed E-state index contributed by atoms with van der Waals surface area (Å²) in [5.41, 5.74) is 9.58. The van der Waals surface area contributed by atoms with Crippen LogP contribution in [0.4, 0.5) is 0 Å². The van der Waals surface area contributed by atoms with Crippen molar-refractivity contribution in [2.45, 2.75) is 44.1 Å². The molecule has 2 rings (SSSR count). The number of nitrogens with zero attached hydrogens (tertiary/aromatic N) is 3. The molecule has 0 radical (unpaired) electrons. The van der Waals surface area contributed by atoms with Gasteiger partial charge < -0.3 is 4.74 Å². The maximum absolute atomic E-state index is 11.1. The Morgan fingerprint density at radius 3 is 2.60 bits per heavy atom. The van der Waals surface area contributed by atoms with Gasteiger partial charge in [-0.15, -0.1) is 0 Å². The van der Waals surface area contributed by atoms with Gasteiger partial charge in [-0.2, -0.15) is 0 Å². The second kappa shape index (κ2) is 6.44. The number of benzene rings is 1. The lowest BCUT2D eigenvalue weighted by atomic mass is 9.69. The second-order valence-corrected chi connectivity index (χ2v) is 5.36. The van der Waals surface area contributed by atoms with E-state index in [0.717, 1.165) is 25.7 Å². The Morgan fingerprint density at radius 1 is 1.40 bits per heavy atom. The molecule has 0 aromatic heterocycles. The van der Waals surface area contributed by atoms with Crippen molar-refractivity contribution in [1.29, 1.82) is 0 Å². The van der Waals surface area contributed by atoms with Gasteiger partial charge in [0.2, 0.25) is 0 Å². The maximum atomic E-state index is 11.1. The van der Waals surface area contributed by atoms with Gasteiger partial charge in [-0.05, 0) is 36.8 Å². The molecule has 1 saturated carbocycles. The highest BCUT2D eigenvalue weighted by atomic mass is 16.5. The fraction of sp³-hybridized carbons (Fsp3) is 0.533. The van der Waals surface area contributed by atoms with E-state index in [-0.39, 0.29) is 17.4 Å². The molecule has 1 aliphatic carbocycles. The van der Waals surface area contributed by atoms with Crippen LogP contribution in [0.25, 0.3) is 10.4 Å². The highest BCUT2D eigenvalue weighted by molar-refractivity contribution is 5.66. The molecular formula is C15H19N3O2. The average Bonchev–Trinajstić information content (AvgIpc) is 2.48. The predicted octanol–water partition coefficient (Wildman–Crippen LogP) is 3.74. The van der Waals surface area contributed by atoms with Crippen LogP contribution in [0.3, 0.4) is 0 Å². The number of hydrogen-bond donors (Lipinski definition) is 0. The van der Waals surface area contributed by atoms with Crippen molar-refractivity contribution in [3.63, 3.8) is 0 Å². The topological polar surface area (TPSA) is 75.1 Å². The molecule has 1 aromatic rings. The summed E-state index contributed by atoms with van der Waals surface area (Å²) in [7, 11) is 0. The van der Waals surface area contributed by atoms with E-state index in [1.54, 1.807) is 0 Å². The van der Waals surface area contributed by atoms with Gasteiger partial charge in [-0.1, -0.05) is 35.4 Å². The first-order valence-corrected chi connectivity index (χ1v) is 6.89. The smallest absolute Gasteiger partial charge is 0.302 e. The molecular weight excluding hydrogens is 254 g/mol. The van der Waals surface area contributed by atoms with E-state index in [4.69, 9.17) is 10.3 Å². The minimum atomic E-state index is -0.252. The molecule has 5 heteroatoms. The Labute approximate surface area is 118 Å². The van der Waals surface area contributed by atoms with Gasteiger partial charge in [0.15, 0.2) is 0 Å². The summed E-state index contributed by atoms with van der Waals surface area (Å²) in [6, 6.07) is 10.2. The van der Waals surface area contributed by atoms with Crippen LogP contribution in [0.5, 0.6) is 0 Å². The Balaban J connectivity index is 2.18. The number of azide groups is 1. The zero-order valence-corrected chi connectivity index (χ0v) is 11.7.